The molecule has 0 fully saturated rings. The lowest BCUT2D eigenvalue weighted by atomic mass is 10.1. The zero-order valence-electron chi connectivity index (χ0n) is 12.3. The standard InChI is InChI=1S/C16H21IN2O2/c1-2-3-4-5-6-7-10-18-16-19-14-9-8-12(17)11-13(14)15(20)21-16/h8-9,11H,2-7,10H2,1H3,(H,18,19). The Morgan fingerprint density at radius 3 is 2.76 bits per heavy atom. The molecule has 0 amide bonds. The smallest absolute Gasteiger partial charge is 0.348 e. The summed E-state index contributed by atoms with van der Waals surface area (Å²) in [7, 11) is 0. The molecule has 0 atom stereocenters. The van der Waals surface area contributed by atoms with Gasteiger partial charge in [-0.2, -0.15) is 4.98 Å². The van der Waals surface area contributed by atoms with Crippen LogP contribution in [0.1, 0.15) is 45.4 Å². The van der Waals surface area contributed by atoms with E-state index in [1.807, 2.05) is 12.1 Å². The molecule has 21 heavy (non-hydrogen) atoms. The number of nitrogens with one attached hydrogen (secondary N) is 1. The number of fused-ring (bicyclic) bond motifs is 1. The number of anilines is 1. The molecule has 2 aromatic rings. The fourth-order valence-corrected chi connectivity index (χ4v) is 2.71. The Morgan fingerprint density at radius 1 is 1.19 bits per heavy atom. The van der Waals surface area contributed by atoms with E-state index < -0.39 is 0 Å². The second kappa shape index (κ2) is 8.36. The topological polar surface area (TPSA) is 55.1 Å². The van der Waals surface area contributed by atoms with Gasteiger partial charge in [0, 0.05) is 10.1 Å². The van der Waals surface area contributed by atoms with Crippen LogP contribution in [0.5, 0.6) is 0 Å². The lowest BCUT2D eigenvalue weighted by Gasteiger charge is -2.05. The van der Waals surface area contributed by atoms with Crippen LogP contribution in [-0.2, 0) is 0 Å². The third-order valence-electron chi connectivity index (χ3n) is 3.40. The summed E-state index contributed by atoms with van der Waals surface area (Å²) in [6.07, 6.45) is 7.42. The second-order valence-corrected chi connectivity index (χ2v) is 6.41. The predicted molar refractivity (Wildman–Crippen MR) is 94.9 cm³/mol. The molecule has 4 nitrogen and oxygen atoms in total. The largest absolute Gasteiger partial charge is 0.389 e. The van der Waals surface area contributed by atoms with E-state index in [0.717, 1.165) is 16.5 Å². The van der Waals surface area contributed by atoms with Crippen LogP contribution in [0.25, 0.3) is 10.9 Å². The fraction of sp³-hybridized carbons (Fsp3) is 0.500. The summed E-state index contributed by atoms with van der Waals surface area (Å²) in [6, 6.07) is 5.91. The van der Waals surface area contributed by atoms with Gasteiger partial charge < -0.3 is 9.73 Å². The van der Waals surface area contributed by atoms with Crippen LogP contribution in [0.4, 0.5) is 6.01 Å². The molecule has 1 aromatic carbocycles. The van der Waals surface area contributed by atoms with E-state index in [9.17, 15) is 4.79 Å². The quantitative estimate of drug-likeness (QED) is 0.521. The van der Waals surface area contributed by atoms with E-state index in [-0.39, 0.29) is 5.63 Å². The lowest BCUT2D eigenvalue weighted by Crippen LogP contribution is -2.09. The Morgan fingerprint density at radius 2 is 1.95 bits per heavy atom. The molecule has 0 bridgehead atoms. The van der Waals surface area contributed by atoms with Crippen molar-refractivity contribution in [1.29, 1.82) is 0 Å². The zero-order valence-corrected chi connectivity index (χ0v) is 14.5. The maximum Gasteiger partial charge on any atom is 0.348 e. The van der Waals surface area contributed by atoms with Crippen molar-refractivity contribution >= 4 is 39.5 Å². The Kier molecular flexibility index (Phi) is 6.48. The molecule has 0 unspecified atom stereocenters. The van der Waals surface area contributed by atoms with Crippen LogP contribution < -0.4 is 10.9 Å². The van der Waals surface area contributed by atoms with Gasteiger partial charge in [-0.3, -0.25) is 0 Å². The summed E-state index contributed by atoms with van der Waals surface area (Å²) in [5.41, 5.74) is 0.348. The van der Waals surface area contributed by atoms with Crippen LogP contribution in [-0.4, -0.2) is 11.5 Å². The Bertz CT molecular complexity index is 640. The molecule has 0 saturated heterocycles. The van der Waals surface area contributed by atoms with Crippen LogP contribution >= 0.6 is 22.6 Å². The summed E-state index contributed by atoms with van der Waals surface area (Å²) >= 11 is 2.17. The summed E-state index contributed by atoms with van der Waals surface area (Å²) < 4.78 is 6.21. The van der Waals surface area contributed by atoms with Crippen LogP contribution in [0, 0.1) is 3.57 Å². The first-order valence-corrected chi connectivity index (χ1v) is 8.63. The third-order valence-corrected chi connectivity index (χ3v) is 4.07. The molecule has 0 aliphatic rings. The van der Waals surface area contributed by atoms with E-state index in [1.54, 1.807) is 6.07 Å². The number of benzene rings is 1. The highest BCUT2D eigenvalue weighted by Crippen LogP contribution is 2.14. The number of halogens is 1. The number of nitrogens with zero attached hydrogens (tertiary/aromatic N) is 1. The van der Waals surface area contributed by atoms with Crippen molar-refractivity contribution in [2.24, 2.45) is 0 Å². The molecular formula is C16H21IN2O2. The first-order valence-electron chi connectivity index (χ1n) is 7.55. The minimum atomic E-state index is -0.330. The van der Waals surface area contributed by atoms with Crippen molar-refractivity contribution in [3.8, 4) is 0 Å². The van der Waals surface area contributed by atoms with Gasteiger partial charge in [0.05, 0.1) is 10.9 Å². The highest BCUT2D eigenvalue weighted by Gasteiger charge is 2.06. The maximum atomic E-state index is 11.9. The number of hydrogen-bond acceptors (Lipinski definition) is 4. The normalized spacial score (nSPS) is 11.0. The van der Waals surface area contributed by atoms with Crippen molar-refractivity contribution < 1.29 is 4.42 Å². The summed E-state index contributed by atoms with van der Waals surface area (Å²) in [6.45, 7) is 3.01. The zero-order chi connectivity index (χ0) is 15.1. The number of rotatable bonds is 8. The summed E-state index contributed by atoms with van der Waals surface area (Å²) in [5.74, 6) is 0. The summed E-state index contributed by atoms with van der Waals surface area (Å²) in [4.78, 5) is 16.3. The Balaban J connectivity index is 1.88. The van der Waals surface area contributed by atoms with Gasteiger partial charge in [0.2, 0.25) is 0 Å². The maximum absolute atomic E-state index is 11.9. The van der Waals surface area contributed by atoms with Crippen LogP contribution in [0.2, 0.25) is 0 Å². The molecule has 114 valence electrons. The molecule has 0 saturated carbocycles. The van der Waals surface area contributed by atoms with Crippen molar-refractivity contribution in [1.82, 2.24) is 4.98 Å². The van der Waals surface area contributed by atoms with E-state index in [0.29, 0.717) is 16.9 Å². The predicted octanol–water partition coefficient (Wildman–Crippen LogP) is 4.57. The van der Waals surface area contributed by atoms with Crippen LogP contribution in [0.3, 0.4) is 0 Å². The van der Waals surface area contributed by atoms with Crippen molar-refractivity contribution in [2.45, 2.75) is 45.4 Å². The molecule has 0 spiro atoms. The van der Waals surface area contributed by atoms with E-state index >= 15 is 0 Å². The number of aromatic nitrogens is 1. The minimum Gasteiger partial charge on any atom is -0.389 e. The first kappa shape index (κ1) is 16.3. The van der Waals surface area contributed by atoms with Crippen LogP contribution in [0.15, 0.2) is 27.4 Å². The van der Waals surface area contributed by atoms with Gasteiger partial charge in [0.25, 0.3) is 6.01 Å². The highest BCUT2D eigenvalue weighted by molar-refractivity contribution is 14.1. The fourth-order valence-electron chi connectivity index (χ4n) is 2.22. The summed E-state index contributed by atoms with van der Waals surface area (Å²) in [5, 5.41) is 3.64. The molecule has 1 heterocycles. The Labute approximate surface area is 138 Å². The van der Waals surface area contributed by atoms with Crippen molar-refractivity contribution in [3.05, 3.63) is 32.2 Å². The van der Waals surface area contributed by atoms with E-state index in [1.165, 1.54) is 32.1 Å². The van der Waals surface area contributed by atoms with E-state index in [2.05, 4.69) is 39.8 Å². The molecule has 2 rings (SSSR count). The highest BCUT2D eigenvalue weighted by atomic mass is 127. The van der Waals surface area contributed by atoms with Gasteiger partial charge in [0.1, 0.15) is 0 Å². The van der Waals surface area contributed by atoms with Gasteiger partial charge in [-0.05, 0) is 47.2 Å². The van der Waals surface area contributed by atoms with Crippen molar-refractivity contribution in [3.63, 3.8) is 0 Å². The Hall–Kier alpha value is -1.11. The SMILES string of the molecule is CCCCCCCCNc1nc2ccc(I)cc2c(=O)o1. The van der Waals surface area contributed by atoms with Gasteiger partial charge in [-0.15, -0.1) is 0 Å². The lowest BCUT2D eigenvalue weighted by molar-refractivity contribution is 0.513. The first-order chi connectivity index (χ1) is 10.2. The molecule has 1 aromatic heterocycles. The average molecular weight is 400 g/mol. The molecule has 0 aliphatic heterocycles. The van der Waals surface area contributed by atoms with E-state index in [4.69, 9.17) is 4.42 Å². The van der Waals surface area contributed by atoms with Gasteiger partial charge in [-0.25, -0.2) is 4.79 Å². The second-order valence-electron chi connectivity index (χ2n) is 5.16. The minimum absolute atomic E-state index is 0.322. The molecule has 0 aliphatic carbocycles. The van der Waals surface area contributed by atoms with Gasteiger partial charge in [0.15, 0.2) is 0 Å². The van der Waals surface area contributed by atoms with Gasteiger partial charge >= 0.3 is 5.63 Å². The average Bonchev–Trinajstić information content (AvgIpc) is 2.47. The molecular weight excluding hydrogens is 379 g/mol. The van der Waals surface area contributed by atoms with Crippen molar-refractivity contribution in [2.75, 3.05) is 11.9 Å². The molecule has 5 heteroatoms. The molecule has 1 N–H and O–H groups in total. The number of hydrogen-bond donors (Lipinski definition) is 1. The number of unbranched alkanes of at least 4 members (excludes halogenated alkanes) is 5. The monoisotopic (exact) mass is 400 g/mol. The third kappa shape index (κ3) is 4.98. The van der Waals surface area contributed by atoms with Gasteiger partial charge in [-0.1, -0.05) is 39.0 Å². The molecule has 0 radical (unpaired) electrons.